The van der Waals surface area contributed by atoms with Crippen molar-refractivity contribution in [2.24, 2.45) is 17.8 Å². The van der Waals surface area contributed by atoms with E-state index in [1.54, 1.807) is 0 Å². The predicted molar refractivity (Wildman–Crippen MR) is 96.5 cm³/mol. The molecule has 0 radical (unpaired) electrons. The summed E-state index contributed by atoms with van der Waals surface area (Å²) in [5.41, 5.74) is 0. The van der Waals surface area contributed by atoms with E-state index in [4.69, 9.17) is 14.2 Å². The highest BCUT2D eigenvalue weighted by molar-refractivity contribution is 4.89. The topological polar surface area (TPSA) is 59.2 Å². The fourth-order valence-electron chi connectivity index (χ4n) is 4.11. The van der Waals surface area contributed by atoms with Gasteiger partial charge in [-0.25, -0.2) is 13.2 Å². The van der Waals surface area contributed by atoms with Gasteiger partial charge in [0, 0.05) is 26.1 Å². The zero-order chi connectivity index (χ0) is 18.9. The molecule has 2 atom stereocenters. The Morgan fingerprint density at radius 3 is 1.93 bits per heavy atom. The maximum Gasteiger partial charge on any atom is 0.358 e. The van der Waals surface area contributed by atoms with Crippen LogP contribution in [0, 0.1) is 17.8 Å². The fourth-order valence-corrected chi connectivity index (χ4v) is 4.11. The first-order valence-electron chi connectivity index (χ1n) is 9.47. The summed E-state index contributed by atoms with van der Waals surface area (Å²) in [5, 5.41) is 0. The Morgan fingerprint density at radius 2 is 1.43 bits per heavy atom. The summed E-state index contributed by atoms with van der Waals surface area (Å²) >= 11 is 0. The molecule has 0 aromatic heterocycles. The van der Waals surface area contributed by atoms with Gasteiger partial charge in [-0.15, -0.1) is 0 Å². The van der Waals surface area contributed by atoms with Gasteiger partial charge in [-0.2, -0.15) is 8.78 Å². The van der Waals surface area contributed by atoms with Gasteiger partial charge in [0.05, 0.1) is 25.2 Å². The number of hydrogen-bond donors (Lipinski definition) is 0. The standard InChI is InChI=1S/C18H27F5O3.CH4.H2O.H2/c1-10-8-24-17(25-9-10)11-2-4-12(5-3-11)18(22,23)26-13-6-14(19)16(21)15(20)7-13;;;/h10-17H,2-9H2,1H3;1H4;1H2;1H. The second-order valence-corrected chi connectivity index (χ2v) is 8.00. The molecule has 3 aliphatic rings. The predicted octanol–water partition coefficient (Wildman–Crippen LogP) is 4.65. The quantitative estimate of drug-likeness (QED) is 0.620. The van der Waals surface area contributed by atoms with E-state index in [9.17, 15) is 22.0 Å². The van der Waals surface area contributed by atoms with Crippen molar-refractivity contribution in [2.75, 3.05) is 13.2 Å². The number of hydrogen-bond acceptors (Lipinski definition) is 3. The van der Waals surface area contributed by atoms with Crippen LogP contribution in [0.15, 0.2) is 0 Å². The normalized spacial score (nSPS) is 42.2. The third-order valence-corrected chi connectivity index (χ3v) is 5.71. The summed E-state index contributed by atoms with van der Waals surface area (Å²) in [6, 6.07) is 0. The molecule has 2 saturated carbocycles. The van der Waals surface area contributed by atoms with Crippen LogP contribution in [0.2, 0.25) is 0 Å². The van der Waals surface area contributed by atoms with Gasteiger partial charge < -0.3 is 19.7 Å². The van der Waals surface area contributed by atoms with Gasteiger partial charge in [0.15, 0.2) is 12.5 Å². The van der Waals surface area contributed by atoms with E-state index < -0.39 is 49.5 Å². The van der Waals surface area contributed by atoms with E-state index in [0.717, 1.165) is 0 Å². The molecule has 0 aromatic rings. The highest BCUT2D eigenvalue weighted by Gasteiger charge is 2.48. The van der Waals surface area contributed by atoms with E-state index in [-0.39, 0.29) is 39.4 Å². The lowest BCUT2D eigenvalue weighted by atomic mass is 9.80. The van der Waals surface area contributed by atoms with Crippen molar-refractivity contribution in [3.05, 3.63) is 0 Å². The minimum atomic E-state index is -3.47. The molecule has 2 aliphatic carbocycles. The van der Waals surface area contributed by atoms with Crippen molar-refractivity contribution in [3.8, 4) is 0 Å². The van der Waals surface area contributed by atoms with Crippen molar-refractivity contribution in [1.29, 1.82) is 0 Å². The minimum Gasteiger partial charge on any atom is -0.412 e. The molecule has 28 heavy (non-hydrogen) atoms. The minimum absolute atomic E-state index is 0. The van der Waals surface area contributed by atoms with Crippen LogP contribution in [0.1, 0.15) is 54.3 Å². The van der Waals surface area contributed by atoms with Crippen LogP contribution in [0.4, 0.5) is 22.0 Å². The van der Waals surface area contributed by atoms with Gasteiger partial charge in [-0.1, -0.05) is 14.4 Å². The van der Waals surface area contributed by atoms with Crippen LogP contribution in [-0.4, -0.2) is 55.7 Å². The van der Waals surface area contributed by atoms with Gasteiger partial charge >= 0.3 is 6.11 Å². The summed E-state index contributed by atoms with van der Waals surface area (Å²) in [4.78, 5) is 0. The van der Waals surface area contributed by atoms with Crippen LogP contribution in [-0.2, 0) is 14.2 Å². The first kappa shape index (κ1) is 25.5. The van der Waals surface area contributed by atoms with Crippen molar-refractivity contribution in [1.82, 2.24) is 0 Å². The van der Waals surface area contributed by atoms with Crippen LogP contribution in [0.3, 0.4) is 0 Å². The SMILES string of the molecule is C.CC1COC(C2CCC(C(F)(F)OC3CC(F)C(F)C(F)C3)CC2)OC1.O.[HH]. The third-order valence-electron chi connectivity index (χ3n) is 5.71. The Bertz CT molecular complexity index is 448. The molecular formula is C19H35F5O4. The second-order valence-electron chi connectivity index (χ2n) is 8.00. The molecule has 170 valence electrons. The summed E-state index contributed by atoms with van der Waals surface area (Å²) in [7, 11) is 0. The van der Waals surface area contributed by atoms with Crippen molar-refractivity contribution >= 4 is 0 Å². The molecule has 3 rings (SSSR count). The number of rotatable bonds is 4. The molecule has 1 saturated heterocycles. The Labute approximate surface area is 164 Å². The van der Waals surface area contributed by atoms with Gasteiger partial charge in [-0.05, 0) is 25.7 Å². The third kappa shape index (κ3) is 6.00. The van der Waals surface area contributed by atoms with Gasteiger partial charge in [-0.3, -0.25) is 0 Å². The Balaban J connectivity index is 0.00000261. The lowest BCUT2D eigenvalue weighted by molar-refractivity contribution is -0.309. The molecular weight excluding hydrogens is 387 g/mol. The zero-order valence-corrected chi connectivity index (χ0v) is 15.4. The fraction of sp³-hybridized carbons (Fsp3) is 1.00. The lowest BCUT2D eigenvalue weighted by Gasteiger charge is -2.40. The average Bonchev–Trinajstić information content (AvgIpc) is 2.60. The second kappa shape index (κ2) is 10.5. The van der Waals surface area contributed by atoms with Gasteiger partial charge in [0.25, 0.3) is 0 Å². The largest absolute Gasteiger partial charge is 0.412 e. The maximum atomic E-state index is 14.4. The zero-order valence-electron chi connectivity index (χ0n) is 15.4. The summed E-state index contributed by atoms with van der Waals surface area (Å²) in [6.45, 7) is 3.23. The number of halogens is 5. The maximum absolute atomic E-state index is 14.4. The van der Waals surface area contributed by atoms with Crippen LogP contribution in [0.5, 0.6) is 0 Å². The molecule has 3 fully saturated rings. The molecule has 4 nitrogen and oxygen atoms in total. The monoisotopic (exact) mass is 422 g/mol. The average molecular weight is 422 g/mol. The number of alkyl halides is 5. The van der Waals surface area contributed by atoms with Crippen LogP contribution in [0.25, 0.3) is 0 Å². The molecule has 0 bridgehead atoms. The van der Waals surface area contributed by atoms with Crippen molar-refractivity contribution in [3.63, 3.8) is 0 Å². The number of ether oxygens (including phenoxy) is 3. The molecule has 0 amide bonds. The van der Waals surface area contributed by atoms with Crippen molar-refractivity contribution in [2.45, 2.75) is 89.9 Å². The van der Waals surface area contributed by atoms with Gasteiger partial charge in [0.1, 0.15) is 12.3 Å². The highest BCUT2D eigenvalue weighted by atomic mass is 19.3. The molecule has 2 unspecified atom stereocenters. The van der Waals surface area contributed by atoms with E-state index >= 15 is 0 Å². The van der Waals surface area contributed by atoms with Gasteiger partial charge in [0.2, 0.25) is 0 Å². The van der Waals surface area contributed by atoms with Crippen LogP contribution < -0.4 is 0 Å². The lowest BCUT2D eigenvalue weighted by Crippen LogP contribution is -2.46. The smallest absolute Gasteiger partial charge is 0.358 e. The van der Waals surface area contributed by atoms with Crippen LogP contribution >= 0.6 is 0 Å². The molecule has 1 aliphatic heterocycles. The highest BCUT2D eigenvalue weighted by Crippen LogP contribution is 2.43. The molecule has 1 heterocycles. The molecule has 0 aromatic carbocycles. The van der Waals surface area contributed by atoms with E-state index in [2.05, 4.69) is 0 Å². The summed E-state index contributed by atoms with van der Waals surface area (Å²) < 4.78 is 84.9. The molecule has 9 heteroatoms. The first-order valence-corrected chi connectivity index (χ1v) is 9.47. The Kier molecular flexibility index (Phi) is 9.57. The summed E-state index contributed by atoms with van der Waals surface area (Å²) in [6.07, 6.45) is -11.1. The summed E-state index contributed by atoms with van der Waals surface area (Å²) in [5.74, 6) is -0.610. The van der Waals surface area contributed by atoms with E-state index in [1.165, 1.54) is 0 Å². The van der Waals surface area contributed by atoms with E-state index in [1.807, 2.05) is 6.92 Å². The van der Waals surface area contributed by atoms with Crippen molar-refractivity contribution < 1.29 is 43.1 Å². The first-order chi connectivity index (χ1) is 12.3. The molecule has 2 N–H and O–H groups in total. The Morgan fingerprint density at radius 1 is 0.929 bits per heavy atom. The Hall–Kier alpha value is -0.510. The molecule has 0 spiro atoms. The van der Waals surface area contributed by atoms with E-state index in [0.29, 0.717) is 32.0 Å².